The zero-order valence-electron chi connectivity index (χ0n) is 17.5. The van der Waals surface area contributed by atoms with Gasteiger partial charge in [0.1, 0.15) is 23.2 Å². The normalized spacial score (nSPS) is 10.8. The van der Waals surface area contributed by atoms with Crippen molar-refractivity contribution in [3.63, 3.8) is 0 Å². The van der Waals surface area contributed by atoms with Crippen LogP contribution < -0.4 is 9.47 Å². The highest BCUT2D eigenvalue weighted by atomic mass is 19.1. The minimum absolute atomic E-state index is 0.250. The molecule has 4 rings (SSSR count). The molecule has 7 nitrogen and oxygen atoms in total. The molecule has 0 radical (unpaired) electrons. The van der Waals surface area contributed by atoms with E-state index >= 15 is 0 Å². The summed E-state index contributed by atoms with van der Waals surface area (Å²) in [5.74, 6) is 1.59. The molecule has 0 unspecified atom stereocenters. The van der Waals surface area contributed by atoms with E-state index in [0.717, 1.165) is 28.3 Å². The number of hydrogen-bond acceptors (Lipinski definition) is 6. The number of methoxy groups -OCH3 is 2. The topological polar surface area (TPSA) is 75.0 Å². The lowest BCUT2D eigenvalue weighted by Crippen LogP contribution is -2.07. The Morgan fingerprint density at radius 3 is 2.16 bits per heavy atom. The van der Waals surface area contributed by atoms with E-state index in [9.17, 15) is 4.39 Å². The average molecular weight is 419 g/mol. The quantitative estimate of drug-likeness (QED) is 0.455. The molecule has 4 aromatic rings. The van der Waals surface area contributed by atoms with Crippen molar-refractivity contribution in [2.75, 3.05) is 14.2 Å². The van der Waals surface area contributed by atoms with E-state index in [2.05, 4.69) is 19.9 Å². The third kappa shape index (κ3) is 4.85. The van der Waals surface area contributed by atoms with E-state index in [1.165, 1.54) is 19.2 Å². The summed E-state index contributed by atoms with van der Waals surface area (Å²) in [6.45, 7) is 1.94. The average Bonchev–Trinajstić information content (AvgIpc) is 3.21. The Bertz CT molecular complexity index is 1190. The molecular formula is C23H22FN5O2. The number of aryl methyl sites for hydroxylation is 1. The first-order chi connectivity index (χ1) is 15.0. The van der Waals surface area contributed by atoms with Crippen LogP contribution in [0.3, 0.4) is 0 Å². The van der Waals surface area contributed by atoms with Crippen LogP contribution in [0.2, 0.25) is 0 Å². The molecule has 158 valence electrons. The summed E-state index contributed by atoms with van der Waals surface area (Å²) < 4.78 is 25.9. The Hall–Kier alpha value is -3.81. The van der Waals surface area contributed by atoms with Crippen molar-refractivity contribution in [1.82, 2.24) is 24.5 Å². The summed E-state index contributed by atoms with van der Waals surface area (Å²) in [7, 11) is 3.16. The molecule has 2 heterocycles. The molecule has 0 bridgehead atoms. The van der Waals surface area contributed by atoms with Gasteiger partial charge in [0.15, 0.2) is 0 Å². The summed E-state index contributed by atoms with van der Waals surface area (Å²) in [5, 5.41) is 0. The van der Waals surface area contributed by atoms with E-state index < -0.39 is 0 Å². The second kappa shape index (κ2) is 8.91. The summed E-state index contributed by atoms with van der Waals surface area (Å²) in [5.41, 5.74) is 3.72. The van der Waals surface area contributed by atoms with Gasteiger partial charge in [-0.15, -0.1) is 0 Å². The van der Waals surface area contributed by atoms with Crippen LogP contribution in [0.1, 0.15) is 28.5 Å². The summed E-state index contributed by atoms with van der Waals surface area (Å²) in [6, 6.07) is 12.5. The number of nitrogens with zero attached hydrogens (tertiary/aromatic N) is 5. The first kappa shape index (κ1) is 20.5. The van der Waals surface area contributed by atoms with Gasteiger partial charge in [0, 0.05) is 19.0 Å². The molecule has 0 spiro atoms. The first-order valence-electron chi connectivity index (χ1n) is 9.74. The molecule has 31 heavy (non-hydrogen) atoms. The van der Waals surface area contributed by atoms with Crippen LogP contribution in [-0.2, 0) is 12.8 Å². The molecule has 0 N–H and O–H groups in total. The molecule has 0 aliphatic heterocycles. The summed E-state index contributed by atoms with van der Waals surface area (Å²) >= 11 is 0. The fourth-order valence-electron chi connectivity index (χ4n) is 3.26. The number of rotatable bonds is 7. The second-order valence-corrected chi connectivity index (χ2v) is 7.06. The molecule has 8 heteroatoms. The van der Waals surface area contributed by atoms with Gasteiger partial charge in [-0.25, -0.2) is 14.4 Å². The van der Waals surface area contributed by atoms with Gasteiger partial charge >= 0.3 is 6.01 Å². The predicted octanol–water partition coefficient (Wildman–Crippen LogP) is 3.70. The lowest BCUT2D eigenvalue weighted by molar-refractivity contribution is 0.373. The number of hydrogen-bond donors (Lipinski definition) is 0. The molecule has 0 saturated heterocycles. The van der Waals surface area contributed by atoms with Crippen molar-refractivity contribution < 1.29 is 13.9 Å². The van der Waals surface area contributed by atoms with Crippen LogP contribution in [0, 0.1) is 12.7 Å². The lowest BCUT2D eigenvalue weighted by Gasteiger charge is -2.11. The van der Waals surface area contributed by atoms with Crippen LogP contribution in [-0.4, -0.2) is 38.7 Å². The molecule has 0 atom stereocenters. The van der Waals surface area contributed by atoms with Crippen LogP contribution in [0.15, 0.2) is 55.0 Å². The van der Waals surface area contributed by atoms with E-state index in [0.29, 0.717) is 24.5 Å². The van der Waals surface area contributed by atoms with E-state index in [-0.39, 0.29) is 11.8 Å². The molecular weight excluding hydrogens is 397 g/mol. The van der Waals surface area contributed by atoms with Gasteiger partial charge in [-0.1, -0.05) is 18.2 Å². The maximum atomic E-state index is 13.2. The number of imidazole rings is 1. The van der Waals surface area contributed by atoms with Crippen molar-refractivity contribution in [3.05, 3.63) is 89.3 Å². The Balaban J connectivity index is 1.60. The molecule has 0 amide bonds. The first-order valence-corrected chi connectivity index (χ1v) is 9.74. The Labute approximate surface area is 179 Å². The second-order valence-electron chi connectivity index (χ2n) is 7.06. The SMILES string of the molecule is COc1nc(Cc2ccc(F)cc2)nc(Cc2ccc(-n3cnc(C)c3)c(OC)c2)n1. The van der Waals surface area contributed by atoms with Crippen molar-refractivity contribution in [2.24, 2.45) is 0 Å². The molecule has 0 saturated carbocycles. The number of aromatic nitrogens is 5. The maximum Gasteiger partial charge on any atom is 0.319 e. The van der Waals surface area contributed by atoms with E-state index in [1.807, 2.05) is 35.9 Å². The Morgan fingerprint density at radius 1 is 0.871 bits per heavy atom. The zero-order chi connectivity index (χ0) is 21.8. The van der Waals surface area contributed by atoms with Crippen LogP contribution >= 0.6 is 0 Å². The van der Waals surface area contributed by atoms with Gasteiger partial charge in [-0.05, 0) is 42.3 Å². The molecule has 0 aliphatic rings. The van der Waals surface area contributed by atoms with Crippen LogP contribution in [0.4, 0.5) is 4.39 Å². The Morgan fingerprint density at radius 2 is 1.55 bits per heavy atom. The van der Waals surface area contributed by atoms with Crippen molar-refractivity contribution in [1.29, 1.82) is 0 Å². The van der Waals surface area contributed by atoms with E-state index in [4.69, 9.17) is 9.47 Å². The van der Waals surface area contributed by atoms with Gasteiger partial charge in [0.2, 0.25) is 0 Å². The van der Waals surface area contributed by atoms with Crippen molar-refractivity contribution >= 4 is 0 Å². The van der Waals surface area contributed by atoms with E-state index in [1.54, 1.807) is 25.6 Å². The van der Waals surface area contributed by atoms with Gasteiger partial charge in [-0.3, -0.25) is 0 Å². The third-order valence-electron chi connectivity index (χ3n) is 4.76. The zero-order valence-corrected chi connectivity index (χ0v) is 17.5. The highest BCUT2D eigenvalue weighted by Crippen LogP contribution is 2.25. The Kier molecular flexibility index (Phi) is 5.88. The lowest BCUT2D eigenvalue weighted by atomic mass is 10.1. The molecule has 2 aromatic heterocycles. The van der Waals surface area contributed by atoms with Crippen molar-refractivity contribution in [2.45, 2.75) is 19.8 Å². The monoisotopic (exact) mass is 419 g/mol. The molecule has 0 fully saturated rings. The van der Waals surface area contributed by atoms with Crippen molar-refractivity contribution in [3.8, 4) is 17.4 Å². The van der Waals surface area contributed by atoms with Gasteiger partial charge in [0.25, 0.3) is 0 Å². The van der Waals surface area contributed by atoms with Gasteiger partial charge in [-0.2, -0.15) is 9.97 Å². The largest absolute Gasteiger partial charge is 0.495 e. The number of halogens is 1. The minimum atomic E-state index is -0.277. The fourth-order valence-corrected chi connectivity index (χ4v) is 3.26. The van der Waals surface area contributed by atoms with Crippen LogP contribution in [0.5, 0.6) is 11.8 Å². The smallest absolute Gasteiger partial charge is 0.319 e. The molecule has 2 aromatic carbocycles. The third-order valence-corrected chi connectivity index (χ3v) is 4.76. The predicted molar refractivity (Wildman–Crippen MR) is 113 cm³/mol. The maximum absolute atomic E-state index is 13.2. The molecule has 0 aliphatic carbocycles. The van der Waals surface area contributed by atoms with Gasteiger partial charge in [0.05, 0.1) is 31.9 Å². The van der Waals surface area contributed by atoms with Gasteiger partial charge < -0.3 is 14.0 Å². The number of benzene rings is 2. The highest BCUT2D eigenvalue weighted by molar-refractivity contribution is 5.49. The summed E-state index contributed by atoms with van der Waals surface area (Å²) in [4.78, 5) is 17.6. The standard InChI is InChI=1S/C23H22FN5O2/c1-15-13-29(14-25-15)19-9-6-17(10-20(19)30-2)12-22-26-21(27-23(28-22)31-3)11-16-4-7-18(24)8-5-16/h4-10,13-14H,11-12H2,1-3H3. The fraction of sp³-hybridized carbons (Fsp3) is 0.217. The minimum Gasteiger partial charge on any atom is -0.495 e. The number of ether oxygens (including phenoxy) is 2. The summed E-state index contributed by atoms with van der Waals surface area (Å²) in [6.07, 6.45) is 4.63. The van der Waals surface area contributed by atoms with Crippen LogP contribution in [0.25, 0.3) is 5.69 Å². The highest BCUT2D eigenvalue weighted by Gasteiger charge is 2.12.